The lowest BCUT2D eigenvalue weighted by Gasteiger charge is -2.10. The van der Waals surface area contributed by atoms with E-state index in [9.17, 15) is 9.18 Å². The molecule has 2 unspecified atom stereocenters. The summed E-state index contributed by atoms with van der Waals surface area (Å²) in [7, 11) is 0. The first-order valence-electron chi connectivity index (χ1n) is 5.37. The van der Waals surface area contributed by atoms with Gasteiger partial charge in [0.1, 0.15) is 5.82 Å². The number of hydrogen-bond donors (Lipinski definition) is 1. The molecular weight excluding hydrogens is 227 g/mol. The molecule has 1 aliphatic heterocycles. The maximum atomic E-state index is 12.9. The first kappa shape index (κ1) is 12.0. The quantitative estimate of drug-likeness (QED) is 0.868. The van der Waals surface area contributed by atoms with Crippen molar-refractivity contribution in [3.05, 3.63) is 35.6 Å². The van der Waals surface area contributed by atoms with Crippen molar-refractivity contribution in [3.63, 3.8) is 0 Å². The molecule has 1 aromatic carbocycles. The molecule has 0 aliphatic carbocycles. The fourth-order valence-corrected chi connectivity index (χ4v) is 1.77. The van der Waals surface area contributed by atoms with Crippen molar-refractivity contribution in [2.75, 3.05) is 6.61 Å². The van der Waals surface area contributed by atoms with Crippen molar-refractivity contribution in [2.24, 2.45) is 0 Å². The van der Waals surface area contributed by atoms with Crippen LogP contribution in [-0.2, 0) is 20.7 Å². The van der Waals surface area contributed by atoms with Crippen LogP contribution in [0.5, 0.6) is 0 Å². The fraction of sp³-hybridized carbons (Fsp3) is 0.417. The van der Waals surface area contributed by atoms with E-state index in [1.54, 1.807) is 12.1 Å². The van der Waals surface area contributed by atoms with E-state index in [-0.39, 0.29) is 18.8 Å². The van der Waals surface area contributed by atoms with Crippen LogP contribution in [0.2, 0.25) is 0 Å². The Bertz CT molecular complexity index is 407. The zero-order valence-electron chi connectivity index (χ0n) is 9.14. The van der Waals surface area contributed by atoms with E-state index in [4.69, 9.17) is 14.6 Å². The molecule has 17 heavy (non-hydrogen) atoms. The van der Waals surface area contributed by atoms with E-state index < -0.39 is 18.4 Å². The van der Waals surface area contributed by atoms with E-state index in [2.05, 4.69) is 0 Å². The van der Waals surface area contributed by atoms with Gasteiger partial charge in [0.15, 0.2) is 6.29 Å². The molecule has 1 fully saturated rings. The Morgan fingerprint density at radius 3 is 3.06 bits per heavy atom. The molecular formula is C12H13FO4. The summed E-state index contributed by atoms with van der Waals surface area (Å²) in [5.74, 6) is -1.22. The number of carbonyl (C=O) groups is 1. The van der Waals surface area contributed by atoms with Crippen LogP contribution in [0.1, 0.15) is 12.0 Å². The highest BCUT2D eigenvalue weighted by molar-refractivity contribution is 5.67. The monoisotopic (exact) mass is 240 g/mol. The third-order valence-electron chi connectivity index (χ3n) is 2.51. The standard InChI is InChI=1S/C12H13FO4/c13-9-3-1-2-8(4-9)5-12-16-7-10(17-12)6-11(14)15/h1-4,10,12H,5-7H2,(H,14,15). The normalized spacial score (nSPS) is 23.8. The first-order chi connectivity index (χ1) is 8.13. The summed E-state index contributed by atoms with van der Waals surface area (Å²) >= 11 is 0. The van der Waals surface area contributed by atoms with Gasteiger partial charge in [-0.1, -0.05) is 12.1 Å². The third kappa shape index (κ3) is 3.51. The third-order valence-corrected chi connectivity index (χ3v) is 2.51. The second-order valence-electron chi connectivity index (χ2n) is 3.95. The highest BCUT2D eigenvalue weighted by Gasteiger charge is 2.27. The summed E-state index contributed by atoms with van der Waals surface area (Å²) in [6.45, 7) is 0.270. The molecule has 1 aliphatic rings. The van der Waals surface area contributed by atoms with Crippen molar-refractivity contribution in [2.45, 2.75) is 25.2 Å². The number of benzene rings is 1. The SMILES string of the molecule is O=C(O)CC1COC(Cc2cccc(F)c2)O1. The maximum absolute atomic E-state index is 12.9. The van der Waals surface area contributed by atoms with E-state index in [0.29, 0.717) is 6.42 Å². The van der Waals surface area contributed by atoms with Gasteiger partial charge in [0.05, 0.1) is 19.1 Å². The minimum absolute atomic E-state index is 0.0698. The van der Waals surface area contributed by atoms with E-state index in [0.717, 1.165) is 5.56 Å². The number of ether oxygens (including phenoxy) is 2. The number of rotatable bonds is 4. The molecule has 92 valence electrons. The van der Waals surface area contributed by atoms with Crippen molar-refractivity contribution < 1.29 is 23.8 Å². The number of carboxylic acid groups (broad SMARTS) is 1. The van der Waals surface area contributed by atoms with Gasteiger partial charge in [-0.3, -0.25) is 4.79 Å². The summed E-state index contributed by atoms with van der Waals surface area (Å²) in [5.41, 5.74) is 0.769. The Morgan fingerprint density at radius 1 is 1.53 bits per heavy atom. The van der Waals surface area contributed by atoms with Gasteiger partial charge in [-0.2, -0.15) is 0 Å². The van der Waals surface area contributed by atoms with Crippen molar-refractivity contribution >= 4 is 5.97 Å². The van der Waals surface area contributed by atoms with Crippen molar-refractivity contribution in [3.8, 4) is 0 Å². The predicted octanol–water partition coefficient (Wildman–Crippen LogP) is 1.58. The van der Waals surface area contributed by atoms with Gasteiger partial charge in [-0.25, -0.2) is 4.39 Å². The number of halogens is 1. The summed E-state index contributed by atoms with van der Waals surface area (Å²) in [4.78, 5) is 10.5. The average Bonchev–Trinajstić information content (AvgIpc) is 2.64. The molecule has 4 nitrogen and oxygen atoms in total. The Hall–Kier alpha value is -1.46. The van der Waals surface area contributed by atoms with E-state index >= 15 is 0 Å². The summed E-state index contributed by atoms with van der Waals surface area (Å²) in [6.07, 6.45) is -0.541. The Morgan fingerprint density at radius 2 is 2.35 bits per heavy atom. The summed E-state index contributed by atoms with van der Waals surface area (Å²) in [5, 5.41) is 8.60. The molecule has 0 saturated carbocycles. The highest BCUT2D eigenvalue weighted by Crippen LogP contribution is 2.18. The second kappa shape index (κ2) is 5.25. The second-order valence-corrected chi connectivity index (χ2v) is 3.95. The lowest BCUT2D eigenvalue weighted by molar-refractivity contribution is -0.140. The molecule has 0 amide bonds. The maximum Gasteiger partial charge on any atom is 0.306 e. The Labute approximate surface area is 98.0 Å². The van der Waals surface area contributed by atoms with E-state index in [1.165, 1.54) is 12.1 Å². The predicted molar refractivity (Wildman–Crippen MR) is 57.0 cm³/mol. The zero-order chi connectivity index (χ0) is 12.3. The van der Waals surface area contributed by atoms with Gasteiger partial charge in [-0.15, -0.1) is 0 Å². The van der Waals surface area contributed by atoms with Gasteiger partial charge in [0.2, 0.25) is 0 Å². The van der Waals surface area contributed by atoms with E-state index in [1.807, 2.05) is 0 Å². The molecule has 1 saturated heterocycles. The van der Waals surface area contributed by atoms with Crippen LogP contribution >= 0.6 is 0 Å². The minimum Gasteiger partial charge on any atom is -0.481 e. The molecule has 2 atom stereocenters. The van der Waals surface area contributed by atoms with Crippen LogP contribution in [0, 0.1) is 5.82 Å². The first-order valence-corrected chi connectivity index (χ1v) is 5.37. The minimum atomic E-state index is -0.912. The van der Waals surface area contributed by atoms with Crippen molar-refractivity contribution in [1.29, 1.82) is 0 Å². The van der Waals surface area contributed by atoms with Gasteiger partial charge >= 0.3 is 5.97 Å². The molecule has 0 spiro atoms. The smallest absolute Gasteiger partial charge is 0.306 e. The molecule has 5 heteroatoms. The lowest BCUT2D eigenvalue weighted by atomic mass is 10.1. The number of carboxylic acids is 1. The van der Waals surface area contributed by atoms with Crippen LogP contribution in [-0.4, -0.2) is 30.1 Å². The molecule has 0 aromatic heterocycles. The molecule has 1 aromatic rings. The Balaban J connectivity index is 1.87. The lowest BCUT2D eigenvalue weighted by Crippen LogP contribution is -2.17. The molecule has 1 heterocycles. The van der Waals surface area contributed by atoms with Gasteiger partial charge < -0.3 is 14.6 Å². The number of hydrogen-bond acceptors (Lipinski definition) is 3. The van der Waals surface area contributed by atoms with Gasteiger partial charge in [0, 0.05) is 6.42 Å². The van der Waals surface area contributed by atoms with Crippen LogP contribution in [0.15, 0.2) is 24.3 Å². The van der Waals surface area contributed by atoms with Crippen LogP contribution in [0.4, 0.5) is 4.39 Å². The highest BCUT2D eigenvalue weighted by atomic mass is 19.1. The number of aliphatic carboxylic acids is 1. The summed E-state index contributed by atoms with van der Waals surface area (Å²) in [6, 6.07) is 6.18. The summed E-state index contributed by atoms with van der Waals surface area (Å²) < 4.78 is 23.6. The van der Waals surface area contributed by atoms with Crippen molar-refractivity contribution in [1.82, 2.24) is 0 Å². The zero-order valence-corrected chi connectivity index (χ0v) is 9.14. The van der Waals surface area contributed by atoms with Gasteiger partial charge in [-0.05, 0) is 17.7 Å². The topological polar surface area (TPSA) is 55.8 Å². The molecule has 2 rings (SSSR count). The molecule has 0 radical (unpaired) electrons. The molecule has 1 N–H and O–H groups in total. The van der Waals surface area contributed by atoms with Crippen LogP contribution in [0.25, 0.3) is 0 Å². The Kier molecular flexibility index (Phi) is 3.71. The largest absolute Gasteiger partial charge is 0.481 e. The fourth-order valence-electron chi connectivity index (χ4n) is 1.77. The van der Waals surface area contributed by atoms with Crippen LogP contribution in [0.3, 0.4) is 0 Å². The van der Waals surface area contributed by atoms with Gasteiger partial charge in [0.25, 0.3) is 0 Å². The molecule has 0 bridgehead atoms. The average molecular weight is 240 g/mol. The van der Waals surface area contributed by atoms with Crippen LogP contribution < -0.4 is 0 Å².